The van der Waals surface area contributed by atoms with Gasteiger partial charge < -0.3 is 10.2 Å². The third-order valence-corrected chi connectivity index (χ3v) is 6.24. The van der Waals surface area contributed by atoms with Crippen molar-refractivity contribution in [1.29, 1.82) is 0 Å². The quantitative estimate of drug-likeness (QED) is 0.828. The normalized spacial score (nSPS) is 36.9. The Kier molecular flexibility index (Phi) is 3.85. The highest BCUT2D eigenvalue weighted by molar-refractivity contribution is 7.99. The smallest absolute Gasteiger partial charge is 0.240 e. The molecule has 102 valence electrons. The Morgan fingerprint density at radius 3 is 2.72 bits per heavy atom. The second-order valence-electron chi connectivity index (χ2n) is 6.00. The Morgan fingerprint density at radius 2 is 2.00 bits per heavy atom. The Bertz CT molecular complexity index is 315. The molecule has 0 radical (unpaired) electrons. The zero-order valence-corrected chi connectivity index (χ0v) is 12.0. The molecule has 2 saturated heterocycles. The van der Waals surface area contributed by atoms with Crippen LogP contribution in [0.25, 0.3) is 0 Å². The summed E-state index contributed by atoms with van der Waals surface area (Å²) < 4.78 is 0. The molecule has 2 heterocycles. The van der Waals surface area contributed by atoms with Gasteiger partial charge in [0.1, 0.15) is 0 Å². The number of hydrogen-bond donors (Lipinski definition) is 1. The lowest BCUT2D eigenvalue weighted by Gasteiger charge is -2.34. The van der Waals surface area contributed by atoms with Crippen LogP contribution in [0.4, 0.5) is 0 Å². The van der Waals surface area contributed by atoms with Gasteiger partial charge in [0.15, 0.2) is 0 Å². The topological polar surface area (TPSA) is 32.3 Å². The van der Waals surface area contributed by atoms with Crippen molar-refractivity contribution >= 4 is 17.7 Å². The van der Waals surface area contributed by atoms with Gasteiger partial charge in [-0.15, -0.1) is 0 Å². The van der Waals surface area contributed by atoms with Crippen LogP contribution in [0.5, 0.6) is 0 Å². The molecule has 3 nitrogen and oxygen atoms in total. The maximum atomic E-state index is 12.6. The average Bonchev–Trinajstić information content (AvgIpc) is 3.00. The van der Waals surface area contributed by atoms with E-state index in [0.29, 0.717) is 11.8 Å². The number of thioether (sulfide) groups is 1. The molecular formula is C14H24N2OS. The fourth-order valence-electron chi connectivity index (χ4n) is 3.97. The number of piperidine rings is 1. The minimum atomic E-state index is 0.142. The van der Waals surface area contributed by atoms with Gasteiger partial charge in [0.05, 0.1) is 6.04 Å². The van der Waals surface area contributed by atoms with Gasteiger partial charge >= 0.3 is 0 Å². The van der Waals surface area contributed by atoms with Crippen LogP contribution in [0.15, 0.2) is 0 Å². The number of rotatable bonds is 2. The molecule has 1 aliphatic carbocycles. The van der Waals surface area contributed by atoms with E-state index in [0.717, 1.165) is 30.8 Å². The number of nitrogens with one attached hydrogen (secondary N) is 1. The van der Waals surface area contributed by atoms with Gasteiger partial charge in [0.2, 0.25) is 5.91 Å². The van der Waals surface area contributed by atoms with Crippen LogP contribution in [0.1, 0.15) is 32.1 Å². The highest BCUT2D eigenvalue weighted by Gasteiger charge is 2.44. The third kappa shape index (κ3) is 2.29. The van der Waals surface area contributed by atoms with Gasteiger partial charge in [-0.1, -0.05) is 6.42 Å². The molecule has 1 N–H and O–H groups in total. The van der Waals surface area contributed by atoms with Crippen LogP contribution in [-0.4, -0.2) is 48.0 Å². The molecule has 0 bridgehead atoms. The van der Waals surface area contributed by atoms with E-state index < -0.39 is 0 Å². The second kappa shape index (κ2) is 5.41. The Morgan fingerprint density at radius 1 is 1.22 bits per heavy atom. The van der Waals surface area contributed by atoms with Crippen molar-refractivity contribution in [3.63, 3.8) is 0 Å². The molecule has 18 heavy (non-hydrogen) atoms. The van der Waals surface area contributed by atoms with Crippen molar-refractivity contribution in [2.45, 2.75) is 43.4 Å². The number of carbonyl (C=O) groups excluding carboxylic acids is 1. The van der Waals surface area contributed by atoms with Crippen molar-refractivity contribution in [2.24, 2.45) is 11.8 Å². The van der Waals surface area contributed by atoms with Crippen molar-refractivity contribution in [3.8, 4) is 0 Å². The van der Waals surface area contributed by atoms with E-state index in [1.54, 1.807) is 0 Å². The fourth-order valence-corrected chi connectivity index (χ4v) is 4.65. The molecule has 0 aromatic rings. The molecule has 3 fully saturated rings. The number of hydrogen-bond acceptors (Lipinski definition) is 3. The first-order valence-corrected chi connectivity index (χ1v) is 8.63. The highest BCUT2D eigenvalue weighted by atomic mass is 32.2. The summed E-state index contributed by atoms with van der Waals surface area (Å²) in [7, 11) is 0. The van der Waals surface area contributed by atoms with E-state index in [1.807, 2.05) is 11.8 Å². The molecule has 1 amide bonds. The lowest BCUT2D eigenvalue weighted by Crippen LogP contribution is -2.49. The zero-order chi connectivity index (χ0) is 12.5. The van der Waals surface area contributed by atoms with Gasteiger partial charge in [0, 0.05) is 18.3 Å². The minimum absolute atomic E-state index is 0.142. The molecule has 0 spiro atoms. The summed E-state index contributed by atoms with van der Waals surface area (Å²) in [6, 6.07) is 0.142. The number of nitrogens with zero attached hydrogens (tertiary/aromatic N) is 1. The lowest BCUT2D eigenvalue weighted by molar-refractivity contribution is -0.135. The fraction of sp³-hybridized carbons (Fsp3) is 0.929. The standard InChI is InChI=1S/C14H24N2OS/c1-18-11-5-7-16(8-6-11)14(17)13-12-4-2-3-10(12)9-15-13/h10-13,15H,2-9H2,1H3. The molecule has 3 rings (SSSR count). The first-order valence-electron chi connectivity index (χ1n) is 7.34. The second-order valence-corrected chi connectivity index (χ2v) is 7.14. The maximum absolute atomic E-state index is 12.6. The molecule has 3 unspecified atom stereocenters. The van der Waals surface area contributed by atoms with E-state index in [4.69, 9.17) is 0 Å². The van der Waals surface area contributed by atoms with E-state index in [9.17, 15) is 4.79 Å². The van der Waals surface area contributed by atoms with E-state index in [1.165, 1.54) is 32.1 Å². The number of fused-ring (bicyclic) bond motifs is 1. The summed E-state index contributed by atoms with van der Waals surface area (Å²) in [5.41, 5.74) is 0. The summed E-state index contributed by atoms with van der Waals surface area (Å²) in [4.78, 5) is 14.7. The molecule has 0 aromatic heterocycles. The van der Waals surface area contributed by atoms with Gasteiger partial charge in [-0.25, -0.2) is 0 Å². The summed E-state index contributed by atoms with van der Waals surface area (Å²) in [6.45, 7) is 3.02. The van der Waals surface area contributed by atoms with Crippen LogP contribution < -0.4 is 5.32 Å². The van der Waals surface area contributed by atoms with Crippen LogP contribution in [-0.2, 0) is 4.79 Å². The van der Waals surface area contributed by atoms with Crippen molar-refractivity contribution in [3.05, 3.63) is 0 Å². The molecule has 3 aliphatic rings. The first-order chi connectivity index (χ1) is 8.79. The molecule has 2 aliphatic heterocycles. The third-order valence-electron chi connectivity index (χ3n) is 5.10. The number of likely N-dealkylation sites (tertiary alicyclic amines) is 1. The van der Waals surface area contributed by atoms with Crippen molar-refractivity contribution < 1.29 is 4.79 Å². The van der Waals surface area contributed by atoms with Crippen molar-refractivity contribution in [2.75, 3.05) is 25.9 Å². The van der Waals surface area contributed by atoms with E-state index in [2.05, 4.69) is 16.5 Å². The summed E-state index contributed by atoms with van der Waals surface area (Å²) >= 11 is 1.95. The molecule has 1 saturated carbocycles. The largest absolute Gasteiger partial charge is 0.341 e. The Hall–Kier alpha value is -0.220. The van der Waals surface area contributed by atoms with Crippen LogP contribution >= 0.6 is 11.8 Å². The number of carbonyl (C=O) groups is 1. The number of amides is 1. The average molecular weight is 268 g/mol. The molecule has 4 heteroatoms. The predicted molar refractivity (Wildman–Crippen MR) is 75.7 cm³/mol. The first kappa shape index (κ1) is 12.8. The van der Waals surface area contributed by atoms with Crippen LogP contribution in [0.3, 0.4) is 0 Å². The summed E-state index contributed by atoms with van der Waals surface area (Å²) in [5.74, 6) is 1.81. The molecule has 3 atom stereocenters. The van der Waals surface area contributed by atoms with Gasteiger partial charge in [0.25, 0.3) is 0 Å². The SMILES string of the molecule is CSC1CCN(C(=O)C2NCC3CCCC32)CC1. The zero-order valence-electron chi connectivity index (χ0n) is 11.2. The highest BCUT2D eigenvalue weighted by Crippen LogP contribution is 2.38. The lowest BCUT2D eigenvalue weighted by atomic mass is 9.93. The minimum Gasteiger partial charge on any atom is -0.341 e. The van der Waals surface area contributed by atoms with Gasteiger partial charge in [-0.05, 0) is 50.3 Å². The van der Waals surface area contributed by atoms with E-state index in [-0.39, 0.29) is 6.04 Å². The van der Waals surface area contributed by atoms with Crippen LogP contribution in [0.2, 0.25) is 0 Å². The van der Waals surface area contributed by atoms with Gasteiger partial charge in [-0.2, -0.15) is 11.8 Å². The molecule has 0 aromatic carbocycles. The maximum Gasteiger partial charge on any atom is 0.240 e. The predicted octanol–water partition coefficient (Wildman–Crippen LogP) is 1.73. The van der Waals surface area contributed by atoms with E-state index >= 15 is 0 Å². The van der Waals surface area contributed by atoms with Gasteiger partial charge in [-0.3, -0.25) is 4.79 Å². The Labute approximate surface area is 114 Å². The Balaban J connectivity index is 1.58. The summed E-state index contributed by atoms with van der Waals surface area (Å²) in [6.07, 6.45) is 8.45. The van der Waals surface area contributed by atoms with Crippen LogP contribution in [0, 0.1) is 11.8 Å². The monoisotopic (exact) mass is 268 g/mol. The molecular weight excluding hydrogens is 244 g/mol. The summed E-state index contributed by atoms with van der Waals surface area (Å²) in [5, 5.41) is 4.25. The van der Waals surface area contributed by atoms with Crippen molar-refractivity contribution in [1.82, 2.24) is 10.2 Å².